The minimum Gasteiger partial charge on any atom is -0.497 e. The number of rotatable bonds is 6. The van der Waals surface area contributed by atoms with Crippen LogP contribution in [0.5, 0.6) is 5.75 Å². The summed E-state index contributed by atoms with van der Waals surface area (Å²) < 4.78 is 5.15. The molecule has 144 valence electrons. The molecule has 0 bridgehead atoms. The minimum atomic E-state index is -0.110. The van der Waals surface area contributed by atoms with Crippen molar-refractivity contribution in [3.63, 3.8) is 0 Å². The molecular formula is C17H24Cl2N4O2S. The maximum atomic E-state index is 12.2. The molecule has 1 aromatic heterocycles. The van der Waals surface area contributed by atoms with Crippen LogP contribution in [0.4, 0.5) is 0 Å². The molecule has 1 amide bonds. The Bertz CT molecular complexity index is 676. The average molecular weight is 419 g/mol. The zero-order chi connectivity index (χ0) is 16.8. The summed E-state index contributed by atoms with van der Waals surface area (Å²) in [4.78, 5) is 19.0. The summed E-state index contributed by atoms with van der Waals surface area (Å²) in [5.41, 5.74) is 1.46. The molecule has 1 fully saturated rings. The van der Waals surface area contributed by atoms with Crippen molar-refractivity contribution in [2.75, 3.05) is 46.4 Å². The van der Waals surface area contributed by atoms with Crippen molar-refractivity contribution >= 4 is 42.1 Å². The highest BCUT2D eigenvalue weighted by molar-refractivity contribution is 7.13. The Kier molecular flexibility index (Phi) is 9.90. The Balaban J connectivity index is 0.00000169. The maximum absolute atomic E-state index is 12.2. The van der Waals surface area contributed by atoms with Gasteiger partial charge in [0.15, 0.2) is 0 Å². The molecule has 1 aliphatic rings. The summed E-state index contributed by atoms with van der Waals surface area (Å²) >= 11 is 1.47. The van der Waals surface area contributed by atoms with Crippen molar-refractivity contribution in [2.24, 2.45) is 0 Å². The van der Waals surface area contributed by atoms with Crippen molar-refractivity contribution in [1.29, 1.82) is 0 Å². The van der Waals surface area contributed by atoms with Crippen LogP contribution in [0.1, 0.15) is 10.5 Å². The highest BCUT2D eigenvalue weighted by Crippen LogP contribution is 2.25. The van der Waals surface area contributed by atoms with Gasteiger partial charge in [-0.1, -0.05) is 0 Å². The van der Waals surface area contributed by atoms with Crippen LogP contribution in [-0.4, -0.2) is 62.2 Å². The fourth-order valence-electron chi connectivity index (χ4n) is 2.60. The van der Waals surface area contributed by atoms with E-state index in [2.05, 4.69) is 20.5 Å². The van der Waals surface area contributed by atoms with Crippen LogP contribution in [0.3, 0.4) is 0 Å². The number of benzene rings is 1. The molecule has 2 heterocycles. The molecule has 1 aromatic carbocycles. The number of piperazine rings is 1. The standard InChI is InChI=1S/C17H22N4O2S.2ClH/c1-23-14-4-2-13(3-5-14)17-20-15(12-24-17)16(22)19-8-11-21-9-6-18-7-10-21;;/h2-5,12,18H,6-11H2,1H3,(H,19,22);2*1H. The quantitative estimate of drug-likeness (QED) is 0.752. The zero-order valence-corrected chi connectivity index (χ0v) is 17.0. The van der Waals surface area contributed by atoms with Gasteiger partial charge in [-0.2, -0.15) is 0 Å². The van der Waals surface area contributed by atoms with E-state index in [1.54, 1.807) is 12.5 Å². The number of thiazole rings is 1. The van der Waals surface area contributed by atoms with Gasteiger partial charge in [0.25, 0.3) is 5.91 Å². The number of carbonyl (C=O) groups is 1. The van der Waals surface area contributed by atoms with Crippen molar-refractivity contribution < 1.29 is 9.53 Å². The molecule has 3 rings (SSSR count). The largest absolute Gasteiger partial charge is 0.497 e. The van der Waals surface area contributed by atoms with Crippen molar-refractivity contribution in [2.45, 2.75) is 0 Å². The fraction of sp³-hybridized carbons (Fsp3) is 0.412. The number of ether oxygens (including phenoxy) is 1. The van der Waals surface area contributed by atoms with Gasteiger partial charge in [-0.25, -0.2) is 4.98 Å². The Morgan fingerprint density at radius 1 is 1.27 bits per heavy atom. The van der Waals surface area contributed by atoms with Crippen molar-refractivity contribution in [3.05, 3.63) is 35.3 Å². The molecule has 9 heteroatoms. The van der Waals surface area contributed by atoms with E-state index in [1.165, 1.54) is 11.3 Å². The summed E-state index contributed by atoms with van der Waals surface area (Å²) in [6, 6.07) is 7.68. The molecule has 6 nitrogen and oxygen atoms in total. The normalized spacial score (nSPS) is 14.0. The van der Waals surface area contributed by atoms with Crippen molar-refractivity contribution in [1.82, 2.24) is 20.5 Å². The Morgan fingerprint density at radius 3 is 2.62 bits per heavy atom. The van der Waals surface area contributed by atoms with Gasteiger partial charge in [-0.15, -0.1) is 36.2 Å². The van der Waals surface area contributed by atoms with Crippen LogP contribution in [0.2, 0.25) is 0 Å². The van der Waals surface area contributed by atoms with Gasteiger partial charge in [0.1, 0.15) is 16.5 Å². The van der Waals surface area contributed by atoms with Crippen LogP contribution < -0.4 is 15.4 Å². The first-order valence-corrected chi connectivity index (χ1v) is 8.95. The molecule has 2 N–H and O–H groups in total. The average Bonchev–Trinajstić information content (AvgIpc) is 3.13. The summed E-state index contributed by atoms with van der Waals surface area (Å²) in [7, 11) is 1.64. The molecule has 0 unspecified atom stereocenters. The van der Waals surface area contributed by atoms with E-state index >= 15 is 0 Å². The second-order valence-electron chi connectivity index (χ2n) is 5.61. The summed E-state index contributed by atoms with van der Waals surface area (Å²) in [6.07, 6.45) is 0. The zero-order valence-electron chi connectivity index (χ0n) is 14.6. The number of halogens is 2. The van der Waals surface area contributed by atoms with Crippen LogP contribution in [0.25, 0.3) is 10.6 Å². The number of amides is 1. The third-order valence-electron chi connectivity index (χ3n) is 4.00. The first-order valence-electron chi connectivity index (χ1n) is 8.07. The first-order chi connectivity index (χ1) is 11.8. The Morgan fingerprint density at radius 2 is 1.96 bits per heavy atom. The predicted molar refractivity (Wildman–Crippen MR) is 110 cm³/mol. The number of hydrogen-bond acceptors (Lipinski definition) is 6. The van der Waals surface area contributed by atoms with E-state index in [9.17, 15) is 4.79 Å². The number of nitrogens with zero attached hydrogens (tertiary/aromatic N) is 2. The Labute approximate surface area is 170 Å². The lowest BCUT2D eigenvalue weighted by molar-refractivity contribution is 0.0943. The Hall–Kier alpha value is -1.38. The lowest BCUT2D eigenvalue weighted by Crippen LogP contribution is -2.46. The molecule has 0 atom stereocenters. The van der Waals surface area contributed by atoms with Gasteiger partial charge in [0.05, 0.1) is 7.11 Å². The molecule has 0 aliphatic carbocycles. The van der Waals surface area contributed by atoms with Gasteiger partial charge < -0.3 is 15.4 Å². The molecule has 1 saturated heterocycles. The number of hydrogen-bond donors (Lipinski definition) is 2. The third kappa shape index (κ3) is 6.10. The summed E-state index contributed by atoms with van der Waals surface area (Å²) in [5, 5.41) is 8.92. The van der Waals surface area contributed by atoms with Crippen LogP contribution in [0, 0.1) is 0 Å². The monoisotopic (exact) mass is 418 g/mol. The molecule has 0 saturated carbocycles. The van der Waals surface area contributed by atoms with E-state index in [0.717, 1.165) is 49.0 Å². The van der Waals surface area contributed by atoms with Crippen LogP contribution >= 0.6 is 36.2 Å². The number of methoxy groups -OCH3 is 1. The molecule has 26 heavy (non-hydrogen) atoms. The third-order valence-corrected chi connectivity index (χ3v) is 4.89. The lowest BCUT2D eigenvalue weighted by atomic mass is 10.2. The number of carbonyl (C=O) groups excluding carboxylic acids is 1. The number of aromatic nitrogens is 1. The van der Waals surface area contributed by atoms with Crippen LogP contribution in [-0.2, 0) is 0 Å². The molecular weight excluding hydrogens is 395 g/mol. The minimum absolute atomic E-state index is 0. The highest BCUT2D eigenvalue weighted by atomic mass is 35.5. The van der Waals surface area contributed by atoms with E-state index < -0.39 is 0 Å². The highest BCUT2D eigenvalue weighted by Gasteiger charge is 2.13. The summed E-state index contributed by atoms with van der Waals surface area (Å²) in [6.45, 7) is 5.63. The topological polar surface area (TPSA) is 66.5 Å². The second kappa shape index (κ2) is 11.4. The molecule has 0 spiro atoms. The van der Waals surface area contributed by atoms with Gasteiger partial charge in [0.2, 0.25) is 0 Å². The fourth-order valence-corrected chi connectivity index (χ4v) is 3.40. The molecule has 2 aromatic rings. The van der Waals surface area contributed by atoms with Gasteiger partial charge in [-0.3, -0.25) is 9.69 Å². The van der Waals surface area contributed by atoms with Gasteiger partial charge >= 0.3 is 0 Å². The van der Waals surface area contributed by atoms with E-state index in [4.69, 9.17) is 4.74 Å². The number of nitrogens with one attached hydrogen (secondary N) is 2. The lowest BCUT2D eigenvalue weighted by Gasteiger charge is -2.26. The van der Waals surface area contributed by atoms with Crippen molar-refractivity contribution in [3.8, 4) is 16.3 Å². The SMILES string of the molecule is COc1ccc(-c2nc(C(=O)NCCN3CCNCC3)cs2)cc1.Cl.Cl. The second-order valence-corrected chi connectivity index (χ2v) is 6.47. The van der Waals surface area contributed by atoms with E-state index in [1.807, 2.05) is 24.3 Å². The smallest absolute Gasteiger partial charge is 0.270 e. The maximum Gasteiger partial charge on any atom is 0.270 e. The molecule has 1 aliphatic heterocycles. The molecule has 0 radical (unpaired) electrons. The van der Waals surface area contributed by atoms with E-state index in [0.29, 0.717) is 12.2 Å². The van der Waals surface area contributed by atoms with Gasteiger partial charge in [-0.05, 0) is 24.3 Å². The first kappa shape index (κ1) is 22.7. The summed E-state index contributed by atoms with van der Waals surface area (Å²) in [5.74, 6) is 0.697. The van der Waals surface area contributed by atoms with Gasteiger partial charge in [0, 0.05) is 50.2 Å². The van der Waals surface area contributed by atoms with E-state index in [-0.39, 0.29) is 30.7 Å². The van der Waals surface area contributed by atoms with Crippen LogP contribution in [0.15, 0.2) is 29.6 Å². The predicted octanol–water partition coefficient (Wildman–Crippen LogP) is 2.30.